The fraction of sp³-hybridized carbons (Fsp3) is 0.520. The van der Waals surface area contributed by atoms with E-state index in [1.54, 1.807) is 21.9 Å². The zero-order valence-corrected chi connectivity index (χ0v) is 39.8. The fourth-order valence-electron chi connectivity index (χ4n) is 10.3. The number of carbonyl (C=O) groups excluding carboxylic acids is 4. The van der Waals surface area contributed by atoms with Crippen molar-refractivity contribution < 1.29 is 37.4 Å². The van der Waals surface area contributed by atoms with Crippen molar-refractivity contribution in [1.82, 2.24) is 40.4 Å². The molecule has 6 atom stereocenters. The van der Waals surface area contributed by atoms with Crippen LogP contribution in [0.4, 0.5) is 24.1 Å². The first-order valence-electron chi connectivity index (χ1n) is 23.5. The highest BCUT2D eigenvalue weighted by molar-refractivity contribution is 5.88. The van der Waals surface area contributed by atoms with Crippen molar-refractivity contribution in [2.45, 2.75) is 129 Å². The van der Waals surface area contributed by atoms with Gasteiger partial charge in [-0.15, -0.1) is 0 Å². The van der Waals surface area contributed by atoms with Crippen molar-refractivity contribution in [3.63, 3.8) is 0 Å². The Morgan fingerprint density at radius 1 is 0.642 bits per heavy atom. The summed E-state index contributed by atoms with van der Waals surface area (Å²) in [6.45, 7) is 14.7. The number of anilines is 1. The van der Waals surface area contributed by atoms with Crippen LogP contribution in [0.3, 0.4) is 0 Å². The molecule has 0 aliphatic carbocycles. The molecular formula is C50H63F2N9O6. The van der Waals surface area contributed by atoms with Crippen LogP contribution < -0.4 is 15.5 Å². The largest absolute Gasteiger partial charge is 0.453 e. The summed E-state index contributed by atoms with van der Waals surface area (Å²) < 4.78 is 44.1. The lowest BCUT2D eigenvalue weighted by molar-refractivity contribution is -0.136. The van der Waals surface area contributed by atoms with Gasteiger partial charge in [-0.25, -0.2) is 28.3 Å². The second-order valence-corrected chi connectivity index (χ2v) is 19.9. The number of alkyl carbamates (subject to hydrolysis) is 2. The Labute approximate surface area is 389 Å². The first-order chi connectivity index (χ1) is 31.9. The lowest BCUT2D eigenvalue weighted by Crippen LogP contribution is -2.51. The summed E-state index contributed by atoms with van der Waals surface area (Å²) in [5, 5.41) is 5.34. The second kappa shape index (κ2) is 18.8. The number of nitrogens with one attached hydrogen (secondary N) is 4. The number of nitrogens with zero attached hydrogens (tertiary/aromatic N) is 5. The summed E-state index contributed by atoms with van der Waals surface area (Å²) in [7, 11) is 2.51. The molecule has 0 spiro atoms. The predicted molar refractivity (Wildman–Crippen MR) is 250 cm³/mol. The molecule has 1 unspecified atom stereocenters. The molecule has 8 rings (SSSR count). The molecule has 0 saturated carbocycles. The van der Waals surface area contributed by atoms with Crippen molar-refractivity contribution in [3.05, 3.63) is 88.5 Å². The van der Waals surface area contributed by atoms with Crippen LogP contribution in [0.1, 0.15) is 139 Å². The minimum atomic E-state index is -0.811. The fourth-order valence-corrected chi connectivity index (χ4v) is 10.3. The number of likely N-dealkylation sites (tertiary alicyclic amines) is 2. The molecule has 3 saturated heterocycles. The Morgan fingerprint density at radius 2 is 1.06 bits per heavy atom. The summed E-state index contributed by atoms with van der Waals surface area (Å²) >= 11 is 0. The molecule has 0 bridgehead atoms. The van der Waals surface area contributed by atoms with Gasteiger partial charge in [0.05, 0.1) is 49.4 Å². The number of imidazole rings is 2. The Hall–Kier alpha value is -6.26. The number of rotatable bonds is 11. The number of hydrogen-bond acceptors (Lipinski definition) is 9. The monoisotopic (exact) mass is 923 g/mol. The predicted octanol–water partition coefficient (Wildman–Crippen LogP) is 9.19. The number of aromatic amines is 2. The molecule has 3 fully saturated rings. The molecule has 5 aromatic rings. The average molecular weight is 924 g/mol. The van der Waals surface area contributed by atoms with Gasteiger partial charge < -0.3 is 44.8 Å². The number of methoxy groups -OCH3 is 2. The number of aromatic nitrogens is 4. The van der Waals surface area contributed by atoms with Crippen LogP contribution in [0.25, 0.3) is 22.1 Å². The Bertz CT molecular complexity index is 2510. The van der Waals surface area contributed by atoms with Gasteiger partial charge in [0, 0.05) is 29.9 Å². The molecular weight excluding hydrogens is 861 g/mol. The van der Waals surface area contributed by atoms with Crippen LogP contribution in [-0.2, 0) is 24.5 Å². The number of hydrogen-bond donors (Lipinski definition) is 4. The summed E-state index contributed by atoms with van der Waals surface area (Å²) in [6, 6.07) is 11.9. The molecule has 5 heterocycles. The van der Waals surface area contributed by atoms with Gasteiger partial charge in [0.25, 0.3) is 0 Å². The third-order valence-electron chi connectivity index (χ3n) is 13.9. The van der Waals surface area contributed by atoms with Crippen LogP contribution in [0.15, 0.2) is 48.5 Å². The molecule has 4 amide bonds. The van der Waals surface area contributed by atoms with E-state index in [1.165, 1.54) is 14.2 Å². The van der Waals surface area contributed by atoms with E-state index in [0.717, 1.165) is 11.3 Å². The first kappa shape index (κ1) is 47.2. The van der Waals surface area contributed by atoms with E-state index in [0.29, 0.717) is 85.4 Å². The smallest absolute Gasteiger partial charge is 0.407 e. The number of amides is 4. The zero-order chi connectivity index (χ0) is 48.1. The van der Waals surface area contributed by atoms with Gasteiger partial charge in [-0.1, -0.05) is 72.7 Å². The average Bonchev–Trinajstić information content (AvgIpc) is 4.15. The van der Waals surface area contributed by atoms with Gasteiger partial charge in [0.15, 0.2) is 11.6 Å². The Morgan fingerprint density at radius 3 is 1.43 bits per heavy atom. The number of benzene rings is 3. The van der Waals surface area contributed by atoms with Crippen LogP contribution in [0, 0.1) is 23.5 Å². The maximum Gasteiger partial charge on any atom is 0.407 e. The molecule has 358 valence electrons. The van der Waals surface area contributed by atoms with Gasteiger partial charge in [-0.05, 0) is 85.6 Å². The lowest BCUT2D eigenvalue weighted by atomic mass is 9.87. The standard InChI is InChI=1S/C50H63F2N9O6/c1-26(2)40(57-48(64)66-8)46(62)59-24-10-12-36(59)44-53-32-20-18-30(38(51)42(32)55-44)34-22-23-35(61(34)29-16-14-28(15-17-29)50(5,6)7)31-19-21-33-43(39(31)52)56-45(54-33)37-13-11-25-60(37)47(63)41(27(3)4)58-49(65)67-9/h14-21,26-27,34-37,40-41H,10-13,22-25H2,1-9H3,(H,53,55)(H,54,56)(H,57,64)(H,58,65)/t34-,35?,36+,37+,40+,41+/m1/s1. The van der Waals surface area contributed by atoms with E-state index >= 15 is 8.78 Å². The number of carbonyl (C=O) groups is 4. The van der Waals surface area contributed by atoms with Crippen LogP contribution >= 0.6 is 0 Å². The molecule has 17 heteroatoms. The molecule has 2 aromatic heterocycles. The number of halogens is 2. The topological polar surface area (TPSA) is 178 Å². The van der Waals surface area contributed by atoms with Gasteiger partial charge in [-0.2, -0.15) is 0 Å². The van der Waals surface area contributed by atoms with Crippen LogP contribution in [-0.4, -0.2) is 93.1 Å². The van der Waals surface area contributed by atoms with Gasteiger partial charge in [-0.3, -0.25) is 9.59 Å². The SMILES string of the molecule is COC(=O)N[C@H](C(=O)N1CCC[C@H]1c1nc2c(F)c(C3CC[C@H](c4ccc5[nH]c([C@@H]6CCCN6C(=O)[C@@H](NC(=O)OC)C(C)C)nc5c4F)N3c3ccc(C(C)(C)C)cc3)ccc2[nH]1)C(C)C. The van der Waals surface area contributed by atoms with Crippen molar-refractivity contribution in [2.75, 3.05) is 32.2 Å². The van der Waals surface area contributed by atoms with Crippen molar-refractivity contribution in [2.24, 2.45) is 11.8 Å². The molecule has 3 aromatic carbocycles. The molecule has 4 N–H and O–H groups in total. The second-order valence-electron chi connectivity index (χ2n) is 19.9. The Kier molecular flexibility index (Phi) is 13.2. The van der Waals surface area contributed by atoms with Crippen LogP contribution in [0.5, 0.6) is 0 Å². The third kappa shape index (κ3) is 9.00. The van der Waals surface area contributed by atoms with Gasteiger partial charge >= 0.3 is 12.2 Å². The van der Waals surface area contributed by atoms with E-state index in [1.807, 2.05) is 52.0 Å². The number of ether oxygens (including phenoxy) is 2. The van der Waals surface area contributed by atoms with E-state index < -0.39 is 60.1 Å². The zero-order valence-electron chi connectivity index (χ0n) is 39.8. The van der Waals surface area contributed by atoms with E-state index in [2.05, 4.69) is 58.4 Å². The third-order valence-corrected chi connectivity index (χ3v) is 13.9. The molecule has 3 aliphatic heterocycles. The summed E-state index contributed by atoms with van der Waals surface area (Å²) in [6.07, 6.45) is 2.30. The van der Waals surface area contributed by atoms with Crippen molar-refractivity contribution in [1.29, 1.82) is 0 Å². The maximum atomic E-state index is 17.2. The van der Waals surface area contributed by atoms with E-state index in [9.17, 15) is 19.2 Å². The highest BCUT2D eigenvalue weighted by Gasteiger charge is 2.42. The summed E-state index contributed by atoms with van der Waals surface area (Å²) in [4.78, 5) is 73.8. The first-order valence-corrected chi connectivity index (χ1v) is 23.5. The van der Waals surface area contributed by atoms with Crippen molar-refractivity contribution in [3.8, 4) is 0 Å². The van der Waals surface area contributed by atoms with Crippen molar-refractivity contribution >= 4 is 51.8 Å². The highest BCUT2D eigenvalue weighted by Crippen LogP contribution is 2.49. The number of fused-ring (bicyclic) bond motifs is 2. The minimum Gasteiger partial charge on any atom is -0.453 e. The highest BCUT2D eigenvalue weighted by atomic mass is 19.1. The molecule has 15 nitrogen and oxygen atoms in total. The lowest BCUT2D eigenvalue weighted by Gasteiger charge is -2.34. The van der Waals surface area contributed by atoms with Crippen LogP contribution in [0.2, 0.25) is 0 Å². The summed E-state index contributed by atoms with van der Waals surface area (Å²) in [5.41, 5.74) is 3.95. The molecule has 67 heavy (non-hydrogen) atoms. The minimum absolute atomic E-state index is 0.119. The molecule has 0 radical (unpaired) electrons. The maximum absolute atomic E-state index is 17.2. The Balaban J connectivity index is 1.12. The normalized spacial score (nSPS) is 20.9. The number of H-pyrrole nitrogens is 2. The van der Waals surface area contributed by atoms with E-state index in [4.69, 9.17) is 19.4 Å². The quantitative estimate of drug-likeness (QED) is 0.101. The van der Waals surface area contributed by atoms with Gasteiger partial charge in [0.1, 0.15) is 34.8 Å². The summed E-state index contributed by atoms with van der Waals surface area (Å²) in [5.74, 6) is -0.981. The molecule has 3 aliphatic rings. The van der Waals surface area contributed by atoms with Gasteiger partial charge in [0.2, 0.25) is 11.8 Å². The van der Waals surface area contributed by atoms with E-state index in [-0.39, 0.29) is 40.1 Å².